The second-order valence-corrected chi connectivity index (χ2v) is 2.76. The van der Waals surface area contributed by atoms with Crippen LogP contribution >= 0.6 is 0 Å². The van der Waals surface area contributed by atoms with Crippen molar-refractivity contribution in [3.05, 3.63) is 6.92 Å². The summed E-state index contributed by atoms with van der Waals surface area (Å²) >= 11 is 0. The largest absolute Gasteiger partial charge is 0.306 e. The Morgan fingerprint density at radius 2 is 2.00 bits per heavy atom. The Labute approximate surface area is 59.1 Å². The van der Waals surface area contributed by atoms with Gasteiger partial charge >= 0.3 is 0 Å². The van der Waals surface area contributed by atoms with Crippen molar-refractivity contribution in [1.29, 1.82) is 0 Å². The molecule has 0 aliphatic rings. The Balaban J connectivity index is 3.16. The van der Waals surface area contributed by atoms with Gasteiger partial charge in [-0.05, 0) is 27.4 Å². The third kappa shape index (κ3) is 4.46. The zero-order valence-corrected chi connectivity index (χ0v) is 6.85. The van der Waals surface area contributed by atoms with Crippen molar-refractivity contribution in [3.63, 3.8) is 0 Å². The molecule has 1 nitrogen and oxygen atoms in total. The second-order valence-electron chi connectivity index (χ2n) is 2.76. The van der Waals surface area contributed by atoms with Crippen LogP contribution in [0.5, 0.6) is 0 Å². The monoisotopic (exact) mass is 128 g/mol. The van der Waals surface area contributed by atoms with Crippen LogP contribution in [0.15, 0.2) is 0 Å². The van der Waals surface area contributed by atoms with Crippen LogP contribution in [0.4, 0.5) is 0 Å². The first-order chi connectivity index (χ1) is 4.18. The smallest absolute Gasteiger partial charge is 0.00897 e. The van der Waals surface area contributed by atoms with Gasteiger partial charge < -0.3 is 4.90 Å². The van der Waals surface area contributed by atoms with Gasteiger partial charge in [-0.3, -0.25) is 0 Å². The van der Waals surface area contributed by atoms with Crippen LogP contribution in [0.1, 0.15) is 26.2 Å². The fourth-order valence-electron chi connectivity index (χ4n) is 0.698. The third-order valence-corrected chi connectivity index (χ3v) is 1.62. The van der Waals surface area contributed by atoms with E-state index in [-0.39, 0.29) is 0 Å². The van der Waals surface area contributed by atoms with Gasteiger partial charge in [0.2, 0.25) is 0 Å². The highest BCUT2D eigenvalue weighted by Crippen LogP contribution is 2.02. The first-order valence-electron chi connectivity index (χ1n) is 3.68. The van der Waals surface area contributed by atoms with Gasteiger partial charge in [-0.1, -0.05) is 19.8 Å². The highest BCUT2D eigenvalue weighted by Gasteiger charge is 2.01. The quantitative estimate of drug-likeness (QED) is 0.559. The van der Waals surface area contributed by atoms with Gasteiger partial charge in [0.25, 0.3) is 0 Å². The van der Waals surface area contributed by atoms with E-state index in [2.05, 4.69) is 32.8 Å². The molecule has 0 saturated carbocycles. The summed E-state index contributed by atoms with van der Waals surface area (Å²) in [5, 5.41) is 0. The lowest BCUT2D eigenvalue weighted by Gasteiger charge is -2.18. The van der Waals surface area contributed by atoms with Gasteiger partial charge in [0, 0.05) is 6.04 Å². The lowest BCUT2D eigenvalue weighted by Crippen LogP contribution is -2.24. The van der Waals surface area contributed by atoms with Crippen LogP contribution in [0, 0.1) is 6.92 Å². The van der Waals surface area contributed by atoms with Crippen molar-refractivity contribution in [2.45, 2.75) is 32.2 Å². The Morgan fingerprint density at radius 1 is 1.44 bits per heavy atom. The van der Waals surface area contributed by atoms with E-state index in [4.69, 9.17) is 0 Å². The van der Waals surface area contributed by atoms with Crippen LogP contribution in [0.3, 0.4) is 0 Å². The molecule has 9 heavy (non-hydrogen) atoms. The molecule has 1 heteroatoms. The molecule has 0 saturated heterocycles. The molecule has 0 aromatic carbocycles. The van der Waals surface area contributed by atoms with Crippen molar-refractivity contribution in [2.24, 2.45) is 0 Å². The number of nitrogens with zero attached hydrogens (tertiary/aromatic N) is 1. The van der Waals surface area contributed by atoms with E-state index in [1.54, 1.807) is 0 Å². The molecule has 0 amide bonds. The summed E-state index contributed by atoms with van der Waals surface area (Å²) < 4.78 is 0. The minimum Gasteiger partial charge on any atom is -0.306 e. The van der Waals surface area contributed by atoms with Crippen LogP contribution in [0.2, 0.25) is 0 Å². The summed E-state index contributed by atoms with van der Waals surface area (Å²) in [7, 11) is 4.15. The molecule has 0 rings (SSSR count). The molecule has 0 aromatic rings. The average molecular weight is 128 g/mol. The van der Waals surface area contributed by atoms with Crippen molar-refractivity contribution < 1.29 is 0 Å². The molecular formula is C8H18N. The highest BCUT2D eigenvalue weighted by atomic mass is 15.1. The Morgan fingerprint density at radius 3 is 2.33 bits per heavy atom. The minimum atomic E-state index is 0.505. The van der Waals surface area contributed by atoms with E-state index in [1.165, 1.54) is 19.3 Å². The Kier molecular flexibility index (Phi) is 4.78. The number of rotatable bonds is 4. The first-order valence-corrected chi connectivity index (χ1v) is 3.68. The molecule has 1 atom stereocenters. The van der Waals surface area contributed by atoms with E-state index in [1.807, 2.05) is 0 Å². The fraction of sp³-hybridized carbons (Fsp3) is 0.875. The summed E-state index contributed by atoms with van der Waals surface area (Å²) in [6.07, 6.45) is 3.80. The van der Waals surface area contributed by atoms with Crippen LogP contribution in [0.25, 0.3) is 0 Å². The third-order valence-electron chi connectivity index (χ3n) is 1.62. The number of unbranched alkanes of at least 4 members (excludes halogenated alkanes) is 1. The predicted molar refractivity (Wildman–Crippen MR) is 42.4 cm³/mol. The molecule has 1 unspecified atom stereocenters. The standard InChI is InChI=1S/C8H18N/c1-5-6-7-8(2)9(3)4/h8H,2,5-7H2,1,3-4H3. The molecule has 55 valence electrons. The zero-order chi connectivity index (χ0) is 7.28. The Hall–Kier alpha value is -0.0400. The summed E-state index contributed by atoms with van der Waals surface area (Å²) in [5.41, 5.74) is 0. The first kappa shape index (κ1) is 8.96. The molecule has 0 aromatic heterocycles. The van der Waals surface area contributed by atoms with Gasteiger partial charge in [-0.2, -0.15) is 0 Å². The lowest BCUT2D eigenvalue weighted by atomic mass is 10.1. The van der Waals surface area contributed by atoms with E-state index in [9.17, 15) is 0 Å². The molecule has 0 heterocycles. The maximum absolute atomic E-state index is 4.00. The zero-order valence-electron chi connectivity index (χ0n) is 6.85. The summed E-state index contributed by atoms with van der Waals surface area (Å²) in [6, 6.07) is 0.505. The van der Waals surface area contributed by atoms with Crippen LogP contribution in [-0.4, -0.2) is 25.0 Å². The normalized spacial score (nSPS) is 14.3. The highest BCUT2D eigenvalue weighted by molar-refractivity contribution is 4.66. The van der Waals surface area contributed by atoms with Crippen molar-refractivity contribution in [2.75, 3.05) is 14.1 Å². The van der Waals surface area contributed by atoms with E-state index in [0.29, 0.717) is 6.04 Å². The summed E-state index contributed by atoms with van der Waals surface area (Å²) in [6.45, 7) is 6.21. The molecule has 0 spiro atoms. The van der Waals surface area contributed by atoms with Crippen molar-refractivity contribution in [1.82, 2.24) is 4.90 Å². The molecule has 0 aliphatic heterocycles. The van der Waals surface area contributed by atoms with E-state index in [0.717, 1.165) is 0 Å². The second kappa shape index (κ2) is 4.80. The van der Waals surface area contributed by atoms with Gasteiger partial charge in [0.1, 0.15) is 0 Å². The van der Waals surface area contributed by atoms with Gasteiger partial charge in [0.15, 0.2) is 0 Å². The number of hydrogen-bond donors (Lipinski definition) is 0. The van der Waals surface area contributed by atoms with Gasteiger partial charge in [-0.15, -0.1) is 0 Å². The SMILES string of the molecule is [CH2]C(CCCC)N(C)C. The van der Waals surface area contributed by atoms with Crippen molar-refractivity contribution in [3.8, 4) is 0 Å². The topological polar surface area (TPSA) is 3.24 Å². The maximum atomic E-state index is 4.00. The van der Waals surface area contributed by atoms with Crippen LogP contribution in [-0.2, 0) is 0 Å². The van der Waals surface area contributed by atoms with Crippen LogP contribution < -0.4 is 0 Å². The van der Waals surface area contributed by atoms with E-state index >= 15 is 0 Å². The Bertz CT molecular complexity index is 59.6. The van der Waals surface area contributed by atoms with Crippen molar-refractivity contribution >= 4 is 0 Å². The number of hydrogen-bond acceptors (Lipinski definition) is 1. The van der Waals surface area contributed by atoms with Gasteiger partial charge in [-0.25, -0.2) is 0 Å². The minimum absolute atomic E-state index is 0.505. The predicted octanol–water partition coefficient (Wildman–Crippen LogP) is 1.94. The molecular weight excluding hydrogens is 110 g/mol. The lowest BCUT2D eigenvalue weighted by molar-refractivity contribution is 0.319. The van der Waals surface area contributed by atoms with E-state index < -0.39 is 0 Å². The van der Waals surface area contributed by atoms with Gasteiger partial charge in [0.05, 0.1) is 0 Å². The summed E-state index contributed by atoms with van der Waals surface area (Å²) in [5.74, 6) is 0. The fourth-order valence-corrected chi connectivity index (χ4v) is 0.698. The summed E-state index contributed by atoms with van der Waals surface area (Å²) in [4.78, 5) is 2.16. The maximum Gasteiger partial charge on any atom is 0.00897 e. The molecule has 0 aliphatic carbocycles. The molecule has 0 bridgehead atoms. The average Bonchev–Trinajstić information content (AvgIpc) is 1.82. The molecule has 0 N–H and O–H groups in total. The molecule has 0 fully saturated rings. The molecule has 1 radical (unpaired) electrons.